The molecular weight excluding hydrogens is 338 g/mol. The number of hydrogen-bond donors (Lipinski definition) is 1. The first-order valence-corrected chi connectivity index (χ1v) is 8.78. The van der Waals surface area contributed by atoms with Gasteiger partial charge in [0.15, 0.2) is 0 Å². The Hall–Kier alpha value is -2.70. The van der Waals surface area contributed by atoms with Gasteiger partial charge in [-0.2, -0.15) is 5.10 Å². The minimum absolute atomic E-state index is 0.224. The number of piperidine rings is 1. The van der Waals surface area contributed by atoms with Gasteiger partial charge in [-0.05, 0) is 36.4 Å². The summed E-state index contributed by atoms with van der Waals surface area (Å²) in [6.45, 7) is 0.664. The fraction of sp³-hybridized carbons (Fsp3) is 0.368. The molecule has 1 aromatic carbocycles. The van der Waals surface area contributed by atoms with Crippen molar-refractivity contribution in [1.29, 1.82) is 0 Å². The average Bonchev–Trinajstić information content (AvgIpc) is 3.27. The smallest absolute Gasteiger partial charge is 0.272 e. The van der Waals surface area contributed by atoms with Gasteiger partial charge in [-0.3, -0.25) is 9.48 Å². The van der Waals surface area contributed by atoms with E-state index in [1.165, 1.54) is 23.3 Å². The van der Waals surface area contributed by atoms with Crippen molar-refractivity contribution in [3.8, 4) is 0 Å². The number of para-hydroxylation sites is 1. The molecule has 3 heterocycles. The molecule has 0 atom stereocenters. The van der Waals surface area contributed by atoms with Crippen LogP contribution in [-0.4, -0.2) is 45.1 Å². The molecule has 1 aliphatic heterocycles. The van der Waals surface area contributed by atoms with Gasteiger partial charge in [-0.25, -0.2) is 8.78 Å². The van der Waals surface area contributed by atoms with Crippen molar-refractivity contribution in [1.82, 2.24) is 19.7 Å². The summed E-state index contributed by atoms with van der Waals surface area (Å²) in [4.78, 5) is 17.9. The van der Waals surface area contributed by atoms with Crippen LogP contribution in [-0.2, 0) is 6.54 Å². The summed E-state index contributed by atoms with van der Waals surface area (Å²) in [6, 6.07) is 11.8. The third-order valence-electron chi connectivity index (χ3n) is 5.02. The highest BCUT2D eigenvalue weighted by molar-refractivity contribution is 5.92. The van der Waals surface area contributed by atoms with Gasteiger partial charge in [0, 0.05) is 36.4 Å². The second-order valence-corrected chi connectivity index (χ2v) is 6.67. The molecule has 1 fully saturated rings. The Labute approximate surface area is 149 Å². The third kappa shape index (κ3) is 3.21. The number of likely N-dealkylation sites (tertiary alicyclic amines) is 1. The van der Waals surface area contributed by atoms with Crippen LogP contribution in [0.2, 0.25) is 0 Å². The Kier molecular flexibility index (Phi) is 4.44. The lowest BCUT2D eigenvalue weighted by Gasteiger charge is -2.31. The van der Waals surface area contributed by atoms with E-state index in [1.807, 2.05) is 12.1 Å². The van der Waals surface area contributed by atoms with Gasteiger partial charge >= 0.3 is 0 Å². The topological polar surface area (TPSA) is 53.9 Å². The zero-order chi connectivity index (χ0) is 18.1. The number of aromatic nitrogens is 3. The predicted octanol–water partition coefficient (Wildman–Crippen LogP) is 3.65. The molecule has 1 saturated heterocycles. The molecular formula is C19H20F2N4O. The molecule has 0 aliphatic carbocycles. The van der Waals surface area contributed by atoms with Gasteiger partial charge in [0.1, 0.15) is 12.2 Å². The number of nitrogens with zero attached hydrogens (tertiary/aromatic N) is 3. The second kappa shape index (κ2) is 6.90. The summed E-state index contributed by atoms with van der Waals surface area (Å²) >= 11 is 0. The summed E-state index contributed by atoms with van der Waals surface area (Å²) in [5, 5.41) is 5.03. The van der Waals surface area contributed by atoms with Crippen LogP contribution >= 0.6 is 0 Å². The number of fused-ring (bicyclic) bond motifs is 1. The number of alkyl halides is 2. The number of amides is 1. The highest BCUT2D eigenvalue weighted by atomic mass is 19.3. The number of H-pyrrole nitrogens is 1. The van der Waals surface area contributed by atoms with Crippen molar-refractivity contribution in [2.24, 2.45) is 0 Å². The molecule has 3 aromatic rings. The van der Waals surface area contributed by atoms with E-state index in [2.05, 4.69) is 28.3 Å². The molecule has 1 N–H and O–H groups in total. The van der Waals surface area contributed by atoms with Gasteiger partial charge in [0.25, 0.3) is 12.3 Å². The number of rotatable bonds is 4. The van der Waals surface area contributed by atoms with Crippen molar-refractivity contribution in [2.75, 3.05) is 13.1 Å². The lowest BCUT2D eigenvalue weighted by atomic mass is 9.93. The van der Waals surface area contributed by atoms with Crippen LogP contribution in [0.3, 0.4) is 0 Å². The van der Waals surface area contributed by atoms with Crippen molar-refractivity contribution < 1.29 is 13.6 Å². The zero-order valence-corrected chi connectivity index (χ0v) is 14.2. The maximum Gasteiger partial charge on any atom is 0.272 e. The van der Waals surface area contributed by atoms with E-state index in [1.54, 1.807) is 4.90 Å². The molecule has 26 heavy (non-hydrogen) atoms. The molecule has 5 nitrogen and oxygen atoms in total. The Morgan fingerprint density at radius 3 is 2.73 bits per heavy atom. The summed E-state index contributed by atoms with van der Waals surface area (Å²) in [7, 11) is 0. The van der Waals surface area contributed by atoms with E-state index in [9.17, 15) is 13.6 Å². The molecule has 4 rings (SSSR count). The number of carbonyl (C=O) groups is 1. The van der Waals surface area contributed by atoms with Gasteiger partial charge < -0.3 is 9.88 Å². The molecule has 0 radical (unpaired) electrons. The van der Waals surface area contributed by atoms with E-state index in [4.69, 9.17) is 0 Å². The monoisotopic (exact) mass is 358 g/mol. The van der Waals surface area contributed by atoms with Crippen LogP contribution < -0.4 is 0 Å². The number of halogens is 2. The van der Waals surface area contributed by atoms with Crippen molar-refractivity contribution in [3.63, 3.8) is 0 Å². The molecule has 0 unspecified atom stereocenters. The molecule has 136 valence electrons. The first kappa shape index (κ1) is 16.8. The molecule has 0 saturated carbocycles. The summed E-state index contributed by atoms with van der Waals surface area (Å²) < 4.78 is 26.3. The van der Waals surface area contributed by atoms with Gasteiger partial charge in [-0.15, -0.1) is 0 Å². The lowest BCUT2D eigenvalue weighted by Crippen LogP contribution is -2.39. The zero-order valence-electron chi connectivity index (χ0n) is 14.2. The fourth-order valence-corrected chi connectivity index (χ4v) is 3.66. The largest absolute Gasteiger partial charge is 0.358 e. The standard InChI is InChI=1S/C19H20F2N4O/c20-18(21)12-25-17(5-8-22-25)19(26)24-9-6-13(7-10-24)16-11-14-3-1-2-4-15(14)23-16/h1-5,8,11,13,18,23H,6-7,9-10,12H2. The number of benzene rings is 1. The second-order valence-electron chi connectivity index (χ2n) is 6.67. The van der Waals surface area contributed by atoms with Crippen LogP contribution in [0, 0.1) is 0 Å². The van der Waals surface area contributed by atoms with Crippen molar-refractivity contribution in [3.05, 3.63) is 54.0 Å². The SMILES string of the molecule is O=C(c1ccnn1CC(F)F)N1CCC(c2cc3ccccc3[nH]2)CC1. The summed E-state index contributed by atoms with van der Waals surface area (Å²) in [6.07, 6.45) is 0.560. The Morgan fingerprint density at radius 1 is 1.23 bits per heavy atom. The van der Waals surface area contributed by atoms with E-state index in [0.717, 1.165) is 23.0 Å². The van der Waals surface area contributed by atoms with Crippen molar-refractivity contribution >= 4 is 16.8 Å². The highest BCUT2D eigenvalue weighted by Crippen LogP contribution is 2.30. The first-order chi connectivity index (χ1) is 12.6. The Bertz CT molecular complexity index is 876. The molecule has 1 amide bonds. The van der Waals surface area contributed by atoms with Gasteiger partial charge in [-0.1, -0.05) is 18.2 Å². The van der Waals surface area contributed by atoms with Crippen LogP contribution in [0.15, 0.2) is 42.6 Å². The number of nitrogens with one attached hydrogen (secondary N) is 1. The Morgan fingerprint density at radius 2 is 2.00 bits per heavy atom. The Balaban J connectivity index is 1.43. The van der Waals surface area contributed by atoms with Crippen LogP contribution in [0.1, 0.15) is 34.9 Å². The minimum atomic E-state index is -2.53. The molecule has 0 bridgehead atoms. The van der Waals surface area contributed by atoms with Gasteiger partial charge in [0.2, 0.25) is 0 Å². The van der Waals surface area contributed by atoms with Crippen LogP contribution in [0.4, 0.5) is 8.78 Å². The van der Waals surface area contributed by atoms with Crippen molar-refractivity contribution in [2.45, 2.75) is 31.7 Å². The fourth-order valence-electron chi connectivity index (χ4n) is 3.66. The van der Waals surface area contributed by atoms with Gasteiger partial charge in [0.05, 0.1) is 0 Å². The number of aromatic amines is 1. The molecule has 7 heteroatoms. The maximum absolute atomic E-state index is 12.7. The summed E-state index contributed by atoms with van der Waals surface area (Å²) in [5.74, 6) is 0.149. The third-order valence-corrected chi connectivity index (χ3v) is 5.02. The number of hydrogen-bond acceptors (Lipinski definition) is 2. The lowest BCUT2D eigenvalue weighted by molar-refractivity contribution is 0.0687. The summed E-state index contributed by atoms with van der Waals surface area (Å²) in [5.41, 5.74) is 2.55. The average molecular weight is 358 g/mol. The number of carbonyl (C=O) groups excluding carboxylic acids is 1. The van der Waals surface area contributed by atoms with Crippen LogP contribution in [0.5, 0.6) is 0 Å². The van der Waals surface area contributed by atoms with E-state index >= 15 is 0 Å². The minimum Gasteiger partial charge on any atom is -0.358 e. The molecule has 1 aliphatic rings. The van der Waals surface area contributed by atoms with Crippen LogP contribution in [0.25, 0.3) is 10.9 Å². The van der Waals surface area contributed by atoms with E-state index in [-0.39, 0.29) is 11.6 Å². The maximum atomic E-state index is 12.7. The normalized spacial score (nSPS) is 15.9. The molecule has 2 aromatic heterocycles. The van der Waals surface area contributed by atoms with E-state index < -0.39 is 13.0 Å². The quantitative estimate of drug-likeness (QED) is 0.774. The highest BCUT2D eigenvalue weighted by Gasteiger charge is 2.27. The molecule has 0 spiro atoms. The first-order valence-electron chi connectivity index (χ1n) is 8.78. The van der Waals surface area contributed by atoms with E-state index in [0.29, 0.717) is 19.0 Å². The predicted molar refractivity (Wildman–Crippen MR) is 94.4 cm³/mol.